The first kappa shape index (κ1) is 8.94. The van der Waals surface area contributed by atoms with Crippen LogP contribution in [0.1, 0.15) is 24.2 Å². The average molecular weight is 188 g/mol. The minimum Gasteiger partial charge on any atom is -0.345 e. The number of fused-ring (bicyclic) bond motifs is 1. The summed E-state index contributed by atoms with van der Waals surface area (Å²) in [6.45, 7) is 3.79. The summed E-state index contributed by atoms with van der Waals surface area (Å²) in [7, 11) is 0. The van der Waals surface area contributed by atoms with Crippen molar-refractivity contribution in [3.63, 3.8) is 0 Å². The number of nitrogens with one attached hydrogen (secondary N) is 1. The van der Waals surface area contributed by atoms with Crippen LogP contribution in [-0.4, -0.2) is 15.8 Å². The molecule has 1 aromatic heterocycles. The molecule has 3 nitrogen and oxygen atoms in total. The van der Waals surface area contributed by atoms with E-state index in [-0.39, 0.29) is 11.7 Å². The Balaban J connectivity index is 2.62. The maximum atomic E-state index is 11.8. The third kappa shape index (κ3) is 1.31. The minimum atomic E-state index is 0.0114. The Bertz CT molecular complexity index is 471. The van der Waals surface area contributed by atoms with Crippen LogP contribution in [0.2, 0.25) is 0 Å². The average Bonchev–Trinajstić information content (AvgIpc) is 2.63. The molecule has 0 saturated carbocycles. The van der Waals surface area contributed by atoms with Crippen LogP contribution in [0.15, 0.2) is 24.5 Å². The number of carbonyl (C=O) groups excluding carboxylic acids is 1. The zero-order chi connectivity index (χ0) is 10.1. The standard InChI is InChI=1S/C11H12N2O/c1-7(2)11(14)8-4-3-5-9-10(8)13-6-12-9/h3-7H,1-2H3,(H,12,13). The minimum absolute atomic E-state index is 0.0114. The highest BCUT2D eigenvalue weighted by atomic mass is 16.1. The number of aromatic nitrogens is 2. The molecule has 0 aliphatic carbocycles. The number of benzene rings is 1. The van der Waals surface area contributed by atoms with E-state index in [0.717, 1.165) is 11.0 Å². The second kappa shape index (κ2) is 3.25. The number of ketones is 1. The van der Waals surface area contributed by atoms with Gasteiger partial charge in [-0.15, -0.1) is 0 Å². The summed E-state index contributed by atoms with van der Waals surface area (Å²) in [5.74, 6) is 0.153. The molecule has 1 aromatic carbocycles. The van der Waals surface area contributed by atoms with Crippen molar-refractivity contribution >= 4 is 16.8 Å². The van der Waals surface area contributed by atoms with E-state index >= 15 is 0 Å². The van der Waals surface area contributed by atoms with Gasteiger partial charge in [-0.2, -0.15) is 0 Å². The summed E-state index contributed by atoms with van der Waals surface area (Å²) in [5.41, 5.74) is 2.39. The number of carbonyl (C=O) groups is 1. The van der Waals surface area contributed by atoms with Gasteiger partial charge in [0.15, 0.2) is 5.78 Å². The lowest BCUT2D eigenvalue weighted by atomic mass is 10.00. The molecular weight excluding hydrogens is 176 g/mol. The van der Waals surface area contributed by atoms with Gasteiger partial charge in [0, 0.05) is 11.5 Å². The fraction of sp³-hybridized carbons (Fsp3) is 0.273. The lowest BCUT2D eigenvalue weighted by Gasteiger charge is -2.03. The van der Waals surface area contributed by atoms with Crippen LogP contribution in [-0.2, 0) is 0 Å². The van der Waals surface area contributed by atoms with Gasteiger partial charge in [-0.3, -0.25) is 4.79 Å². The van der Waals surface area contributed by atoms with Gasteiger partial charge < -0.3 is 4.98 Å². The number of nitrogens with zero attached hydrogens (tertiary/aromatic N) is 1. The second-order valence-corrected chi connectivity index (χ2v) is 3.62. The SMILES string of the molecule is CC(C)C(=O)c1cccc2[nH]cnc12. The first-order valence-electron chi connectivity index (χ1n) is 4.66. The lowest BCUT2D eigenvalue weighted by molar-refractivity contribution is 0.0941. The molecule has 0 unspecified atom stereocenters. The van der Waals surface area contributed by atoms with E-state index in [1.807, 2.05) is 32.0 Å². The van der Waals surface area contributed by atoms with Gasteiger partial charge in [-0.1, -0.05) is 19.9 Å². The molecule has 2 rings (SSSR count). The monoisotopic (exact) mass is 188 g/mol. The lowest BCUT2D eigenvalue weighted by Crippen LogP contribution is -2.07. The molecular formula is C11H12N2O. The molecule has 0 atom stereocenters. The Morgan fingerprint density at radius 1 is 1.43 bits per heavy atom. The Kier molecular flexibility index (Phi) is 2.08. The van der Waals surface area contributed by atoms with Gasteiger partial charge in [0.1, 0.15) is 0 Å². The van der Waals surface area contributed by atoms with E-state index in [9.17, 15) is 4.79 Å². The molecule has 0 spiro atoms. The predicted octanol–water partition coefficient (Wildman–Crippen LogP) is 2.40. The smallest absolute Gasteiger partial charge is 0.167 e. The molecule has 14 heavy (non-hydrogen) atoms. The quantitative estimate of drug-likeness (QED) is 0.735. The third-order valence-corrected chi connectivity index (χ3v) is 2.24. The van der Waals surface area contributed by atoms with Crippen LogP contribution < -0.4 is 0 Å². The molecule has 0 bridgehead atoms. The van der Waals surface area contributed by atoms with Crippen molar-refractivity contribution in [1.82, 2.24) is 9.97 Å². The number of Topliss-reactive ketones (excluding diaryl/α,β-unsaturated/α-hetero) is 1. The van der Waals surface area contributed by atoms with Crippen LogP contribution in [0, 0.1) is 5.92 Å². The highest BCUT2D eigenvalue weighted by Gasteiger charge is 2.14. The number of hydrogen-bond acceptors (Lipinski definition) is 2. The van der Waals surface area contributed by atoms with Gasteiger partial charge in [0.25, 0.3) is 0 Å². The third-order valence-electron chi connectivity index (χ3n) is 2.24. The maximum Gasteiger partial charge on any atom is 0.167 e. The zero-order valence-electron chi connectivity index (χ0n) is 8.24. The Morgan fingerprint density at radius 3 is 2.93 bits per heavy atom. The Hall–Kier alpha value is -1.64. The van der Waals surface area contributed by atoms with Crippen molar-refractivity contribution in [3.05, 3.63) is 30.1 Å². The van der Waals surface area contributed by atoms with Gasteiger partial charge in [-0.25, -0.2) is 4.98 Å². The molecule has 3 heteroatoms. The molecule has 0 amide bonds. The fourth-order valence-corrected chi connectivity index (χ4v) is 1.48. The van der Waals surface area contributed by atoms with Crippen molar-refractivity contribution in [2.45, 2.75) is 13.8 Å². The Morgan fingerprint density at radius 2 is 2.21 bits per heavy atom. The van der Waals surface area contributed by atoms with Crippen molar-refractivity contribution < 1.29 is 4.79 Å². The van der Waals surface area contributed by atoms with Crippen molar-refractivity contribution in [2.75, 3.05) is 0 Å². The van der Waals surface area contributed by atoms with Crippen LogP contribution >= 0.6 is 0 Å². The molecule has 2 aromatic rings. The fourth-order valence-electron chi connectivity index (χ4n) is 1.48. The summed E-state index contributed by atoms with van der Waals surface area (Å²) in [6, 6.07) is 5.61. The predicted molar refractivity (Wildman–Crippen MR) is 55.3 cm³/mol. The Labute approximate surface area is 82.2 Å². The van der Waals surface area contributed by atoms with Crippen LogP contribution in [0.3, 0.4) is 0 Å². The first-order valence-corrected chi connectivity index (χ1v) is 4.66. The van der Waals surface area contributed by atoms with E-state index in [1.54, 1.807) is 6.33 Å². The molecule has 0 saturated heterocycles. The van der Waals surface area contributed by atoms with E-state index in [0.29, 0.717) is 5.56 Å². The number of para-hydroxylation sites is 1. The van der Waals surface area contributed by atoms with Gasteiger partial charge in [0.05, 0.1) is 17.4 Å². The molecule has 0 radical (unpaired) electrons. The van der Waals surface area contributed by atoms with Crippen LogP contribution in [0.25, 0.3) is 11.0 Å². The largest absolute Gasteiger partial charge is 0.345 e. The van der Waals surface area contributed by atoms with Gasteiger partial charge in [-0.05, 0) is 12.1 Å². The van der Waals surface area contributed by atoms with Crippen LogP contribution in [0.4, 0.5) is 0 Å². The summed E-state index contributed by atoms with van der Waals surface area (Å²) >= 11 is 0. The van der Waals surface area contributed by atoms with Crippen molar-refractivity contribution in [3.8, 4) is 0 Å². The first-order chi connectivity index (χ1) is 6.70. The van der Waals surface area contributed by atoms with Crippen molar-refractivity contribution in [2.24, 2.45) is 5.92 Å². The molecule has 72 valence electrons. The van der Waals surface area contributed by atoms with Crippen LogP contribution in [0.5, 0.6) is 0 Å². The molecule has 1 N–H and O–H groups in total. The van der Waals surface area contributed by atoms with E-state index < -0.39 is 0 Å². The number of hydrogen-bond donors (Lipinski definition) is 1. The molecule has 0 aliphatic rings. The summed E-state index contributed by atoms with van der Waals surface area (Å²) in [6.07, 6.45) is 1.61. The molecule has 0 fully saturated rings. The van der Waals surface area contributed by atoms with E-state index in [4.69, 9.17) is 0 Å². The number of imidazole rings is 1. The highest BCUT2D eigenvalue weighted by molar-refractivity contribution is 6.06. The van der Waals surface area contributed by atoms with Crippen molar-refractivity contribution in [1.29, 1.82) is 0 Å². The number of aromatic amines is 1. The molecule has 1 heterocycles. The zero-order valence-corrected chi connectivity index (χ0v) is 8.24. The topological polar surface area (TPSA) is 45.8 Å². The highest BCUT2D eigenvalue weighted by Crippen LogP contribution is 2.17. The number of H-pyrrole nitrogens is 1. The number of rotatable bonds is 2. The summed E-state index contributed by atoms with van der Waals surface area (Å²) in [5, 5.41) is 0. The second-order valence-electron chi connectivity index (χ2n) is 3.62. The van der Waals surface area contributed by atoms with Gasteiger partial charge >= 0.3 is 0 Å². The maximum absolute atomic E-state index is 11.8. The normalized spacial score (nSPS) is 11.1. The van der Waals surface area contributed by atoms with Gasteiger partial charge in [0.2, 0.25) is 0 Å². The van der Waals surface area contributed by atoms with E-state index in [2.05, 4.69) is 9.97 Å². The molecule has 0 aliphatic heterocycles. The summed E-state index contributed by atoms with van der Waals surface area (Å²) < 4.78 is 0. The van der Waals surface area contributed by atoms with E-state index in [1.165, 1.54) is 0 Å². The summed E-state index contributed by atoms with van der Waals surface area (Å²) in [4.78, 5) is 18.9.